The second-order valence-corrected chi connectivity index (χ2v) is 7.03. The zero-order valence-electron chi connectivity index (χ0n) is 8.85. The Morgan fingerprint density at radius 1 is 1.44 bits per heavy atom. The monoisotopic (exact) mass is 352 g/mol. The molecule has 1 aromatic carbocycles. The summed E-state index contributed by atoms with van der Waals surface area (Å²) in [7, 11) is 1.36. The third-order valence-electron chi connectivity index (χ3n) is 2.23. The summed E-state index contributed by atoms with van der Waals surface area (Å²) in [5.41, 5.74) is 0.394. The van der Waals surface area contributed by atoms with Crippen molar-refractivity contribution in [2.45, 2.75) is 11.4 Å². The topological polar surface area (TPSA) is 52.0 Å². The van der Waals surface area contributed by atoms with E-state index >= 15 is 0 Å². The molecule has 0 saturated heterocycles. The summed E-state index contributed by atoms with van der Waals surface area (Å²) in [6.07, 6.45) is 2.38. The lowest BCUT2D eigenvalue weighted by molar-refractivity contribution is 0.584. The van der Waals surface area contributed by atoms with Crippen LogP contribution in [-0.2, 0) is 15.6 Å². The molecule has 1 aromatic heterocycles. The van der Waals surface area contributed by atoms with E-state index in [9.17, 15) is 12.8 Å². The Labute approximate surface area is 116 Å². The average Bonchev–Trinajstić information content (AvgIpc) is 2.71. The van der Waals surface area contributed by atoms with Gasteiger partial charge in [0.15, 0.2) is 0 Å². The van der Waals surface area contributed by atoms with Crippen LogP contribution in [0.25, 0.3) is 0 Å². The Morgan fingerprint density at radius 3 is 2.78 bits per heavy atom. The summed E-state index contributed by atoms with van der Waals surface area (Å²) in [5, 5.41) is 3.82. The minimum Gasteiger partial charge on any atom is -0.267 e. The maximum atomic E-state index is 13.5. The van der Waals surface area contributed by atoms with Crippen molar-refractivity contribution >= 4 is 35.7 Å². The van der Waals surface area contributed by atoms with E-state index in [0.717, 1.165) is 10.7 Å². The van der Waals surface area contributed by atoms with Crippen LogP contribution in [0.5, 0.6) is 0 Å². The highest BCUT2D eigenvalue weighted by atomic mass is 79.9. The van der Waals surface area contributed by atoms with Gasteiger partial charge in [0, 0.05) is 26.9 Å². The highest BCUT2D eigenvalue weighted by molar-refractivity contribution is 9.10. The van der Waals surface area contributed by atoms with Gasteiger partial charge in [0.25, 0.3) is 9.05 Å². The first-order valence-corrected chi connectivity index (χ1v) is 7.87. The van der Waals surface area contributed by atoms with Gasteiger partial charge in [0.2, 0.25) is 0 Å². The third-order valence-corrected chi connectivity index (χ3v) is 4.03. The number of benzene rings is 1. The Balaban J connectivity index is 2.29. The lowest BCUT2D eigenvalue weighted by atomic mass is 10.2. The largest absolute Gasteiger partial charge is 0.267 e. The molecular weight excluding hydrogens is 347 g/mol. The number of hydrogen-bond acceptors (Lipinski definition) is 3. The van der Waals surface area contributed by atoms with E-state index in [2.05, 4.69) is 21.0 Å². The first kappa shape index (κ1) is 13.5. The number of hydrogen-bond donors (Lipinski definition) is 0. The smallest absolute Gasteiger partial charge is 0.264 e. The van der Waals surface area contributed by atoms with Crippen molar-refractivity contribution in [3.63, 3.8) is 0 Å². The second-order valence-electron chi connectivity index (χ2n) is 3.55. The van der Waals surface area contributed by atoms with Crippen molar-refractivity contribution in [3.8, 4) is 0 Å². The first-order chi connectivity index (χ1) is 8.36. The summed E-state index contributed by atoms with van der Waals surface area (Å²) in [6.45, 7) is 0.123. The van der Waals surface area contributed by atoms with Crippen LogP contribution in [0.4, 0.5) is 4.39 Å². The first-order valence-electron chi connectivity index (χ1n) is 4.77. The number of halogens is 3. The Hall–Kier alpha value is -0.920. The van der Waals surface area contributed by atoms with Crippen molar-refractivity contribution < 1.29 is 12.8 Å². The summed E-state index contributed by atoms with van der Waals surface area (Å²) < 4.78 is 37.6. The van der Waals surface area contributed by atoms with Crippen LogP contribution in [0.1, 0.15) is 5.56 Å². The molecule has 1 heterocycles. The molecule has 2 rings (SSSR count). The lowest BCUT2D eigenvalue weighted by Crippen LogP contribution is -2.02. The van der Waals surface area contributed by atoms with Crippen LogP contribution < -0.4 is 0 Å². The third kappa shape index (κ3) is 3.09. The molecule has 0 radical (unpaired) electrons. The minimum absolute atomic E-state index is 0.112. The SMILES string of the molecule is O=S(=O)(Cl)c1cnn(Cc2cc(Br)ccc2F)c1. The van der Waals surface area contributed by atoms with Gasteiger partial charge in [0.1, 0.15) is 10.7 Å². The van der Waals surface area contributed by atoms with Crippen molar-refractivity contribution in [1.82, 2.24) is 9.78 Å². The van der Waals surface area contributed by atoms with Crippen LogP contribution in [-0.4, -0.2) is 18.2 Å². The second kappa shape index (κ2) is 4.99. The van der Waals surface area contributed by atoms with Crippen LogP contribution in [0.3, 0.4) is 0 Å². The van der Waals surface area contributed by atoms with E-state index in [-0.39, 0.29) is 17.3 Å². The van der Waals surface area contributed by atoms with Crippen molar-refractivity contribution in [3.05, 3.63) is 46.4 Å². The fourth-order valence-corrected chi connectivity index (χ4v) is 2.46. The maximum Gasteiger partial charge on any atom is 0.264 e. The van der Waals surface area contributed by atoms with Gasteiger partial charge in [0.05, 0.1) is 12.7 Å². The molecule has 4 nitrogen and oxygen atoms in total. The molecule has 0 unspecified atom stereocenters. The maximum absolute atomic E-state index is 13.5. The molecule has 0 fully saturated rings. The molecule has 0 saturated carbocycles. The summed E-state index contributed by atoms with van der Waals surface area (Å²) in [6, 6.07) is 4.50. The average molecular weight is 354 g/mol. The van der Waals surface area contributed by atoms with Gasteiger partial charge in [-0.25, -0.2) is 12.8 Å². The van der Waals surface area contributed by atoms with E-state index in [1.807, 2.05) is 0 Å². The van der Waals surface area contributed by atoms with E-state index in [1.165, 1.54) is 16.9 Å². The molecule has 0 N–H and O–H groups in total. The van der Waals surface area contributed by atoms with Crippen molar-refractivity contribution in [1.29, 1.82) is 0 Å². The van der Waals surface area contributed by atoms with Crippen LogP contribution in [0.2, 0.25) is 0 Å². The molecule has 0 bridgehead atoms. The number of nitrogens with zero attached hydrogens (tertiary/aromatic N) is 2. The Kier molecular flexibility index (Phi) is 3.74. The predicted molar refractivity (Wildman–Crippen MR) is 68.5 cm³/mol. The molecule has 0 spiro atoms. The quantitative estimate of drug-likeness (QED) is 0.797. The van der Waals surface area contributed by atoms with Gasteiger partial charge in [-0.2, -0.15) is 5.10 Å². The summed E-state index contributed by atoms with van der Waals surface area (Å²) >= 11 is 3.23. The van der Waals surface area contributed by atoms with Crippen molar-refractivity contribution in [2.24, 2.45) is 0 Å². The minimum atomic E-state index is -3.81. The lowest BCUT2D eigenvalue weighted by Gasteiger charge is -2.04. The predicted octanol–water partition coefficient (Wildman–Crippen LogP) is 2.76. The summed E-state index contributed by atoms with van der Waals surface area (Å²) in [5.74, 6) is -0.385. The van der Waals surface area contributed by atoms with Gasteiger partial charge >= 0.3 is 0 Å². The zero-order chi connectivity index (χ0) is 13.3. The molecule has 0 amide bonds. The van der Waals surface area contributed by atoms with Gasteiger partial charge in [-0.1, -0.05) is 15.9 Å². The fraction of sp³-hybridized carbons (Fsp3) is 0.100. The van der Waals surface area contributed by atoms with Gasteiger partial charge in [-0.3, -0.25) is 4.68 Å². The molecule has 0 aliphatic rings. The highest BCUT2D eigenvalue weighted by Crippen LogP contribution is 2.18. The van der Waals surface area contributed by atoms with Crippen molar-refractivity contribution in [2.75, 3.05) is 0 Å². The standard InChI is InChI=1S/C10H7BrClFN2O2S/c11-8-1-2-10(13)7(3-8)5-15-6-9(4-14-15)18(12,16)17/h1-4,6H,5H2. The normalized spacial score (nSPS) is 11.7. The molecule has 0 aliphatic carbocycles. The number of rotatable bonds is 3. The van der Waals surface area contributed by atoms with Gasteiger partial charge < -0.3 is 0 Å². The van der Waals surface area contributed by atoms with E-state index < -0.39 is 9.05 Å². The van der Waals surface area contributed by atoms with Crippen LogP contribution >= 0.6 is 26.6 Å². The Bertz CT molecular complexity index is 687. The molecule has 8 heteroatoms. The Morgan fingerprint density at radius 2 is 2.17 bits per heavy atom. The van der Waals surface area contributed by atoms with E-state index in [4.69, 9.17) is 10.7 Å². The molecule has 18 heavy (non-hydrogen) atoms. The van der Waals surface area contributed by atoms with E-state index in [0.29, 0.717) is 5.56 Å². The van der Waals surface area contributed by atoms with Crippen LogP contribution in [0.15, 0.2) is 40.0 Å². The molecule has 0 aliphatic heterocycles. The molecular formula is C10H7BrClFN2O2S. The molecule has 0 atom stereocenters. The molecule has 96 valence electrons. The van der Waals surface area contributed by atoms with Crippen LogP contribution in [0, 0.1) is 5.82 Å². The molecule has 2 aromatic rings. The van der Waals surface area contributed by atoms with E-state index in [1.54, 1.807) is 12.1 Å². The highest BCUT2D eigenvalue weighted by Gasteiger charge is 2.13. The van der Waals surface area contributed by atoms with Gasteiger partial charge in [-0.05, 0) is 18.2 Å². The summed E-state index contributed by atoms with van der Waals surface area (Å²) in [4.78, 5) is -0.112. The van der Waals surface area contributed by atoms with Gasteiger partial charge in [-0.15, -0.1) is 0 Å². The zero-order valence-corrected chi connectivity index (χ0v) is 12.0. The fourth-order valence-electron chi connectivity index (χ4n) is 1.40. The number of aromatic nitrogens is 2.